The van der Waals surface area contributed by atoms with Gasteiger partial charge in [0.25, 0.3) is 10.0 Å². The van der Waals surface area contributed by atoms with E-state index >= 15 is 0 Å². The number of hydrogen-bond donors (Lipinski definition) is 1. The van der Waals surface area contributed by atoms with Gasteiger partial charge in [-0.3, -0.25) is 4.31 Å². The summed E-state index contributed by atoms with van der Waals surface area (Å²) in [5.74, 6) is -1.21. The Morgan fingerprint density at radius 2 is 1.56 bits per heavy atom. The molecule has 1 N–H and O–H groups in total. The molecule has 0 aliphatic carbocycles. The number of rotatable bonds is 5. The maximum absolute atomic E-state index is 13.2. The van der Waals surface area contributed by atoms with Crippen molar-refractivity contribution in [1.82, 2.24) is 0 Å². The van der Waals surface area contributed by atoms with Crippen LogP contribution in [0.5, 0.6) is 0 Å². The van der Waals surface area contributed by atoms with Crippen LogP contribution in [0.4, 0.5) is 5.69 Å². The first-order valence-electron chi connectivity index (χ1n) is 7.66. The summed E-state index contributed by atoms with van der Waals surface area (Å²) >= 11 is 3.27. The van der Waals surface area contributed by atoms with Gasteiger partial charge in [-0.2, -0.15) is 0 Å². The number of carboxylic acid groups (broad SMARTS) is 1. The largest absolute Gasteiger partial charge is 0.480 e. The van der Waals surface area contributed by atoms with Crippen molar-refractivity contribution in [2.75, 3.05) is 4.31 Å². The molecule has 0 aromatic heterocycles. The van der Waals surface area contributed by atoms with E-state index in [1.165, 1.54) is 19.1 Å². The van der Waals surface area contributed by atoms with Gasteiger partial charge in [0.05, 0.1) is 10.6 Å². The molecular formula is C18H20BrNO4S. The van der Waals surface area contributed by atoms with E-state index in [1.54, 1.807) is 26.0 Å². The topological polar surface area (TPSA) is 74.7 Å². The van der Waals surface area contributed by atoms with Gasteiger partial charge in [0.2, 0.25) is 0 Å². The van der Waals surface area contributed by atoms with Crippen molar-refractivity contribution in [2.24, 2.45) is 0 Å². The van der Waals surface area contributed by atoms with Crippen molar-refractivity contribution in [3.8, 4) is 0 Å². The SMILES string of the molecule is Cc1cc(C)c(N(C(C)C(=O)O)S(=O)(=O)c2ccc(Br)cc2)c(C)c1. The van der Waals surface area contributed by atoms with Crippen LogP contribution >= 0.6 is 15.9 Å². The number of benzene rings is 2. The minimum atomic E-state index is -4.04. The molecule has 1 atom stereocenters. The van der Waals surface area contributed by atoms with E-state index in [0.717, 1.165) is 14.3 Å². The van der Waals surface area contributed by atoms with Crippen molar-refractivity contribution in [3.05, 3.63) is 57.6 Å². The van der Waals surface area contributed by atoms with Crippen LogP contribution in [0, 0.1) is 20.8 Å². The van der Waals surface area contributed by atoms with Gasteiger partial charge in [-0.1, -0.05) is 33.6 Å². The zero-order valence-electron chi connectivity index (χ0n) is 14.4. The number of hydrogen-bond acceptors (Lipinski definition) is 3. The molecule has 25 heavy (non-hydrogen) atoms. The molecule has 0 bridgehead atoms. The second-order valence-electron chi connectivity index (χ2n) is 6.02. The lowest BCUT2D eigenvalue weighted by atomic mass is 10.0. The molecule has 0 radical (unpaired) electrons. The highest BCUT2D eigenvalue weighted by Crippen LogP contribution is 2.33. The van der Waals surface area contributed by atoms with Crippen LogP contribution < -0.4 is 4.31 Å². The van der Waals surface area contributed by atoms with Gasteiger partial charge in [-0.15, -0.1) is 0 Å². The van der Waals surface area contributed by atoms with Crippen molar-refractivity contribution < 1.29 is 18.3 Å². The highest BCUT2D eigenvalue weighted by Gasteiger charge is 2.35. The molecule has 1 unspecified atom stereocenters. The summed E-state index contributed by atoms with van der Waals surface area (Å²) in [5, 5.41) is 9.49. The van der Waals surface area contributed by atoms with E-state index in [9.17, 15) is 18.3 Å². The van der Waals surface area contributed by atoms with E-state index in [4.69, 9.17) is 0 Å². The Kier molecular flexibility index (Phi) is 5.58. The fraction of sp³-hybridized carbons (Fsp3) is 0.278. The van der Waals surface area contributed by atoms with Gasteiger partial charge in [0.15, 0.2) is 0 Å². The Labute approximate surface area is 156 Å². The van der Waals surface area contributed by atoms with Gasteiger partial charge in [0.1, 0.15) is 6.04 Å². The zero-order valence-corrected chi connectivity index (χ0v) is 16.8. The van der Waals surface area contributed by atoms with E-state index in [1.807, 2.05) is 19.1 Å². The summed E-state index contributed by atoms with van der Waals surface area (Å²) < 4.78 is 28.2. The molecule has 2 aromatic rings. The minimum Gasteiger partial charge on any atom is -0.480 e. The van der Waals surface area contributed by atoms with Crippen molar-refractivity contribution in [3.63, 3.8) is 0 Å². The molecule has 2 rings (SSSR count). The third kappa shape index (κ3) is 3.88. The molecule has 5 nitrogen and oxygen atoms in total. The Morgan fingerprint density at radius 1 is 1.08 bits per heavy atom. The van der Waals surface area contributed by atoms with Crippen molar-refractivity contribution in [2.45, 2.75) is 38.6 Å². The second-order valence-corrected chi connectivity index (χ2v) is 8.75. The van der Waals surface area contributed by atoms with Crippen LogP contribution in [0.2, 0.25) is 0 Å². The number of halogens is 1. The summed E-state index contributed by atoms with van der Waals surface area (Å²) in [5.41, 5.74) is 2.82. The summed E-state index contributed by atoms with van der Waals surface area (Å²) in [6.45, 7) is 6.86. The van der Waals surface area contributed by atoms with Crippen LogP contribution in [0.15, 0.2) is 45.8 Å². The van der Waals surface area contributed by atoms with E-state index in [0.29, 0.717) is 16.8 Å². The Morgan fingerprint density at radius 3 is 2.00 bits per heavy atom. The molecular weight excluding hydrogens is 406 g/mol. The third-order valence-electron chi connectivity index (χ3n) is 3.94. The lowest BCUT2D eigenvalue weighted by molar-refractivity contribution is -0.137. The van der Waals surface area contributed by atoms with Crippen LogP contribution in [0.1, 0.15) is 23.6 Å². The average Bonchev–Trinajstić information content (AvgIpc) is 2.50. The van der Waals surface area contributed by atoms with E-state index in [2.05, 4.69) is 15.9 Å². The maximum atomic E-state index is 13.2. The van der Waals surface area contributed by atoms with Crippen LogP contribution in [-0.2, 0) is 14.8 Å². The Bertz CT molecular complexity index is 884. The van der Waals surface area contributed by atoms with Gasteiger partial charge in [-0.25, -0.2) is 13.2 Å². The fourth-order valence-electron chi connectivity index (χ4n) is 2.86. The molecule has 0 aliphatic rings. The van der Waals surface area contributed by atoms with Crippen LogP contribution in [0.25, 0.3) is 0 Å². The molecule has 7 heteroatoms. The van der Waals surface area contributed by atoms with Gasteiger partial charge >= 0.3 is 5.97 Å². The van der Waals surface area contributed by atoms with Gasteiger partial charge < -0.3 is 5.11 Å². The number of nitrogens with zero attached hydrogens (tertiary/aromatic N) is 1. The first-order valence-corrected chi connectivity index (χ1v) is 9.89. The highest BCUT2D eigenvalue weighted by atomic mass is 79.9. The predicted molar refractivity (Wildman–Crippen MR) is 102 cm³/mol. The molecule has 0 heterocycles. The number of aliphatic carboxylic acids is 1. The van der Waals surface area contributed by atoms with Crippen LogP contribution in [0.3, 0.4) is 0 Å². The van der Waals surface area contributed by atoms with Crippen LogP contribution in [-0.4, -0.2) is 25.5 Å². The number of carbonyl (C=O) groups is 1. The van der Waals surface area contributed by atoms with E-state index < -0.39 is 22.0 Å². The molecule has 0 spiro atoms. The molecule has 0 saturated heterocycles. The molecule has 0 aliphatic heterocycles. The summed E-state index contributed by atoms with van der Waals surface area (Å²) in [4.78, 5) is 11.7. The summed E-state index contributed by atoms with van der Waals surface area (Å²) in [6.07, 6.45) is 0. The number of anilines is 1. The van der Waals surface area contributed by atoms with Crippen molar-refractivity contribution in [1.29, 1.82) is 0 Å². The van der Waals surface area contributed by atoms with Gasteiger partial charge in [0, 0.05) is 4.47 Å². The minimum absolute atomic E-state index is 0.0446. The third-order valence-corrected chi connectivity index (χ3v) is 6.35. The second kappa shape index (κ2) is 7.17. The lowest BCUT2D eigenvalue weighted by Crippen LogP contribution is -2.44. The zero-order chi connectivity index (χ0) is 18.9. The fourth-order valence-corrected chi connectivity index (χ4v) is 4.87. The average molecular weight is 426 g/mol. The number of sulfonamides is 1. The Hall–Kier alpha value is -1.86. The molecule has 134 valence electrons. The predicted octanol–water partition coefficient (Wildman–Crippen LogP) is 4.04. The maximum Gasteiger partial charge on any atom is 0.327 e. The Balaban J connectivity index is 2.74. The highest BCUT2D eigenvalue weighted by molar-refractivity contribution is 9.10. The van der Waals surface area contributed by atoms with Gasteiger partial charge in [-0.05, 0) is 63.1 Å². The number of aryl methyl sites for hydroxylation is 3. The normalized spacial score (nSPS) is 12.7. The smallest absolute Gasteiger partial charge is 0.327 e. The molecule has 0 saturated carbocycles. The lowest BCUT2D eigenvalue weighted by Gasteiger charge is -2.31. The number of carboxylic acids is 1. The quantitative estimate of drug-likeness (QED) is 0.783. The summed E-state index contributed by atoms with van der Waals surface area (Å²) in [7, 11) is -4.04. The van der Waals surface area contributed by atoms with Crippen molar-refractivity contribution >= 4 is 37.6 Å². The molecule has 0 fully saturated rings. The monoisotopic (exact) mass is 425 g/mol. The first kappa shape index (κ1) is 19.5. The standard InChI is InChI=1S/C18H20BrNO4S/c1-11-9-12(2)17(13(3)10-11)20(14(4)18(21)22)25(23,24)16-7-5-15(19)6-8-16/h5-10,14H,1-4H3,(H,21,22). The first-order chi connectivity index (χ1) is 11.6. The summed E-state index contributed by atoms with van der Waals surface area (Å²) in [6, 6.07) is 8.60. The van der Waals surface area contributed by atoms with E-state index in [-0.39, 0.29) is 4.90 Å². The molecule has 2 aromatic carbocycles. The molecule has 0 amide bonds.